The minimum Gasteiger partial charge on any atom is -0.350 e. The SMILES string of the molecule is NC(=O)NN=S(=O)=O.c1ccccc1. The number of nitrogens with zero attached hydrogens (tertiary/aromatic N) is 1. The molecule has 14 heavy (non-hydrogen) atoms. The van der Waals surface area contributed by atoms with Gasteiger partial charge in [-0.25, -0.2) is 10.2 Å². The largest absolute Gasteiger partial charge is 0.350 e. The first-order chi connectivity index (χ1) is 6.63. The van der Waals surface area contributed by atoms with E-state index in [1.807, 2.05) is 36.4 Å². The highest BCUT2D eigenvalue weighted by molar-refractivity contribution is 7.61. The summed E-state index contributed by atoms with van der Waals surface area (Å²) in [6.07, 6.45) is 0. The van der Waals surface area contributed by atoms with Crippen LogP contribution in [-0.2, 0) is 10.5 Å². The second kappa shape index (κ2) is 7.74. The van der Waals surface area contributed by atoms with Crippen molar-refractivity contribution in [3.8, 4) is 0 Å². The Morgan fingerprint density at radius 2 is 1.43 bits per heavy atom. The molecule has 76 valence electrons. The van der Waals surface area contributed by atoms with Crippen molar-refractivity contribution in [2.75, 3.05) is 0 Å². The summed E-state index contributed by atoms with van der Waals surface area (Å²) in [4.78, 5) is 9.65. The maximum Gasteiger partial charge on any atom is 0.333 e. The normalized spacial score (nSPS) is 7.71. The summed E-state index contributed by atoms with van der Waals surface area (Å²) in [5, 5.41) is 0. The van der Waals surface area contributed by atoms with E-state index < -0.39 is 16.5 Å². The number of hydrogen-bond acceptors (Lipinski definition) is 4. The van der Waals surface area contributed by atoms with Gasteiger partial charge in [-0.15, -0.1) is 0 Å². The Morgan fingerprint density at radius 3 is 1.57 bits per heavy atom. The molecule has 7 heteroatoms. The number of carbonyl (C=O) groups excluding carboxylic acids is 1. The monoisotopic (exact) mass is 215 g/mol. The van der Waals surface area contributed by atoms with Gasteiger partial charge in [-0.3, -0.25) is 0 Å². The van der Waals surface area contributed by atoms with Crippen LogP contribution < -0.4 is 11.2 Å². The van der Waals surface area contributed by atoms with Gasteiger partial charge in [0.2, 0.25) is 0 Å². The van der Waals surface area contributed by atoms with Crippen LogP contribution in [0.2, 0.25) is 0 Å². The first kappa shape index (κ1) is 12.1. The van der Waals surface area contributed by atoms with Gasteiger partial charge in [0.05, 0.1) is 0 Å². The van der Waals surface area contributed by atoms with Crippen molar-refractivity contribution in [2.24, 2.45) is 10.2 Å². The summed E-state index contributed by atoms with van der Waals surface area (Å²) in [7, 11) is -2.62. The lowest BCUT2D eigenvalue weighted by Gasteiger charge is -1.80. The van der Waals surface area contributed by atoms with E-state index in [-0.39, 0.29) is 0 Å². The van der Waals surface area contributed by atoms with Crippen LogP contribution in [0, 0.1) is 0 Å². The van der Waals surface area contributed by atoms with Crippen LogP contribution >= 0.6 is 0 Å². The van der Waals surface area contributed by atoms with E-state index in [4.69, 9.17) is 0 Å². The van der Waals surface area contributed by atoms with Gasteiger partial charge >= 0.3 is 16.5 Å². The number of amides is 2. The molecule has 1 aromatic carbocycles. The minimum absolute atomic E-state index is 1.01. The van der Waals surface area contributed by atoms with Gasteiger partial charge in [-0.05, 0) is 4.47 Å². The van der Waals surface area contributed by atoms with Crippen molar-refractivity contribution in [2.45, 2.75) is 0 Å². The molecule has 6 nitrogen and oxygen atoms in total. The van der Waals surface area contributed by atoms with Crippen molar-refractivity contribution in [3.05, 3.63) is 36.4 Å². The quantitative estimate of drug-likeness (QED) is 0.659. The first-order valence-electron chi connectivity index (χ1n) is 3.48. The third-order valence-electron chi connectivity index (χ3n) is 0.897. The summed E-state index contributed by atoms with van der Waals surface area (Å²) in [6.45, 7) is 0. The van der Waals surface area contributed by atoms with E-state index in [0.717, 1.165) is 0 Å². The van der Waals surface area contributed by atoms with Gasteiger partial charge in [0, 0.05) is 0 Å². The van der Waals surface area contributed by atoms with E-state index in [1.165, 1.54) is 5.43 Å². The lowest BCUT2D eigenvalue weighted by Crippen LogP contribution is -2.23. The zero-order chi connectivity index (χ0) is 10.8. The van der Waals surface area contributed by atoms with E-state index in [9.17, 15) is 13.2 Å². The molecule has 0 saturated heterocycles. The standard InChI is InChI=1S/C6H6.CH3N3O3S/c1-2-4-6-5-3-1;2-1(5)3-4-8(6)7/h1-6H;(H3,2,3,5). The predicted molar refractivity (Wildman–Crippen MR) is 50.5 cm³/mol. The third-order valence-corrected chi connectivity index (χ3v) is 1.14. The maximum atomic E-state index is 9.65. The van der Waals surface area contributed by atoms with Crippen molar-refractivity contribution < 1.29 is 13.2 Å². The molecule has 1 rings (SSSR count). The Hall–Kier alpha value is -1.89. The molecule has 0 atom stereocenters. The van der Waals surface area contributed by atoms with Crippen molar-refractivity contribution in [3.63, 3.8) is 0 Å². The summed E-state index contributed by atoms with van der Waals surface area (Å²) < 4.78 is 21.4. The highest BCUT2D eigenvalue weighted by atomic mass is 32.2. The highest BCUT2D eigenvalue weighted by Gasteiger charge is 1.82. The Bertz CT molecular complexity index is 353. The lowest BCUT2D eigenvalue weighted by molar-refractivity contribution is 0.249. The molecule has 2 amide bonds. The minimum atomic E-state index is -2.62. The molecule has 1 aromatic rings. The summed E-state index contributed by atoms with van der Waals surface area (Å²) in [6, 6.07) is 11.0. The Balaban J connectivity index is 0.000000249. The van der Waals surface area contributed by atoms with Crippen molar-refractivity contribution in [1.82, 2.24) is 5.43 Å². The predicted octanol–water partition coefficient (Wildman–Crippen LogP) is 0.319. The average molecular weight is 215 g/mol. The second-order valence-electron chi connectivity index (χ2n) is 1.94. The maximum absolute atomic E-state index is 9.65. The van der Waals surface area contributed by atoms with Gasteiger partial charge in [0.25, 0.3) is 0 Å². The summed E-state index contributed by atoms with van der Waals surface area (Å²) in [5.41, 5.74) is 5.92. The molecule has 3 N–H and O–H groups in total. The molecule has 0 aliphatic carbocycles. The number of benzene rings is 1. The van der Waals surface area contributed by atoms with Crippen LogP contribution in [0.3, 0.4) is 0 Å². The van der Waals surface area contributed by atoms with Crippen molar-refractivity contribution >= 4 is 16.5 Å². The molecule has 0 fully saturated rings. The second-order valence-corrected chi connectivity index (χ2v) is 2.56. The van der Waals surface area contributed by atoms with Gasteiger partial charge in [-0.1, -0.05) is 36.4 Å². The molecule has 0 unspecified atom stereocenters. The van der Waals surface area contributed by atoms with Crippen LogP contribution in [0.25, 0.3) is 0 Å². The Morgan fingerprint density at radius 1 is 1.07 bits per heavy atom. The third kappa shape index (κ3) is 10.1. The Labute approximate surface area is 82.4 Å². The fourth-order valence-electron chi connectivity index (χ4n) is 0.467. The fourth-order valence-corrected chi connectivity index (χ4v) is 0.632. The smallest absolute Gasteiger partial charge is 0.333 e. The summed E-state index contributed by atoms with van der Waals surface area (Å²) in [5.74, 6) is 0. The number of rotatable bonds is 1. The van der Waals surface area contributed by atoms with Gasteiger partial charge in [0.15, 0.2) is 0 Å². The number of urea groups is 1. The topological polar surface area (TPSA) is 102 Å². The zero-order valence-corrected chi connectivity index (χ0v) is 7.94. The molecule has 0 radical (unpaired) electrons. The highest BCUT2D eigenvalue weighted by Crippen LogP contribution is 1.79. The van der Waals surface area contributed by atoms with Gasteiger partial charge < -0.3 is 5.73 Å². The molecule has 0 aliphatic rings. The Kier molecular flexibility index (Phi) is 6.70. The van der Waals surface area contributed by atoms with E-state index in [2.05, 4.69) is 10.2 Å². The lowest BCUT2D eigenvalue weighted by atomic mass is 10.4. The summed E-state index contributed by atoms with van der Waals surface area (Å²) >= 11 is 0. The van der Waals surface area contributed by atoms with E-state index in [0.29, 0.717) is 0 Å². The van der Waals surface area contributed by atoms with Gasteiger partial charge in [0.1, 0.15) is 0 Å². The number of nitrogens with one attached hydrogen (secondary N) is 1. The van der Waals surface area contributed by atoms with Crippen LogP contribution in [-0.4, -0.2) is 14.4 Å². The van der Waals surface area contributed by atoms with Crippen LogP contribution in [0.5, 0.6) is 0 Å². The molecule has 0 spiro atoms. The van der Waals surface area contributed by atoms with Gasteiger partial charge in [-0.2, -0.15) is 8.42 Å². The van der Waals surface area contributed by atoms with E-state index in [1.54, 1.807) is 0 Å². The van der Waals surface area contributed by atoms with Crippen LogP contribution in [0.4, 0.5) is 4.79 Å². The molecule has 0 aliphatic heterocycles. The zero-order valence-electron chi connectivity index (χ0n) is 7.12. The van der Waals surface area contributed by atoms with Crippen molar-refractivity contribution in [1.29, 1.82) is 0 Å². The fraction of sp³-hybridized carbons (Fsp3) is 0. The molecule has 0 aromatic heterocycles. The van der Waals surface area contributed by atoms with Crippen LogP contribution in [0.1, 0.15) is 0 Å². The first-order valence-corrected chi connectivity index (χ1v) is 4.51. The average Bonchev–Trinajstić information content (AvgIpc) is 2.18. The molecule has 0 saturated carbocycles. The number of hydrogen-bond donors (Lipinski definition) is 2. The molecular weight excluding hydrogens is 206 g/mol. The molecule has 0 bridgehead atoms. The molecular formula is C7H9N3O3S. The number of primary amides is 1. The van der Waals surface area contributed by atoms with E-state index >= 15 is 0 Å². The molecule has 0 heterocycles. The van der Waals surface area contributed by atoms with Crippen LogP contribution in [0.15, 0.2) is 40.9 Å². The number of carbonyl (C=O) groups is 1. The number of nitrogens with two attached hydrogens (primary N) is 1.